The van der Waals surface area contributed by atoms with Crippen LogP contribution in [0.25, 0.3) is 10.9 Å². The number of benzene rings is 1. The fraction of sp³-hybridized carbons (Fsp3) is 0.500. The molecule has 5 N–H and O–H groups in total. The number of halogens is 2. The Morgan fingerprint density at radius 1 is 1.23 bits per heavy atom. The SMILES string of the molecule is CC(C)(F)CC(NC(=O)c1cc2cccc(F)c2[nH]1)C(=O)NC(C[C@@H]1CCCNC1=O)C(=O)CO. The number of carbonyl (C=O) groups excluding carboxylic acids is 4. The van der Waals surface area contributed by atoms with Crippen LogP contribution >= 0.6 is 0 Å². The molecule has 1 aliphatic heterocycles. The van der Waals surface area contributed by atoms with Crippen molar-refractivity contribution in [2.24, 2.45) is 5.92 Å². The summed E-state index contributed by atoms with van der Waals surface area (Å²) in [6.07, 6.45) is 0.788. The number of nitrogens with one attached hydrogen (secondary N) is 4. The van der Waals surface area contributed by atoms with Gasteiger partial charge in [0.05, 0.1) is 11.6 Å². The van der Waals surface area contributed by atoms with Crippen LogP contribution in [-0.2, 0) is 14.4 Å². The molecule has 3 amide bonds. The second-order valence-electron chi connectivity index (χ2n) is 9.39. The highest BCUT2D eigenvalue weighted by molar-refractivity contribution is 6.01. The predicted octanol–water partition coefficient (Wildman–Crippen LogP) is 1.51. The Morgan fingerprint density at radius 2 is 1.97 bits per heavy atom. The van der Waals surface area contributed by atoms with Crippen LogP contribution in [0.15, 0.2) is 24.3 Å². The van der Waals surface area contributed by atoms with Gasteiger partial charge in [-0.2, -0.15) is 0 Å². The number of Topliss-reactive ketones (excluding diaryl/α,β-unsaturated/α-hetero) is 1. The monoisotopic (exact) mass is 492 g/mol. The molecule has 11 heteroatoms. The molecule has 2 unspecified atom stereocenters. The van der Waals surface area contributed by atoms with Crippen molar-refractivity contribution in [1.82, 2.24) is 20.9 Å². The van der Waals surface area contributed by atoms with Crippen LogP contribution in [0, 0.1) is 11.7 Å². The second kappa shape index (κ2) is 10.9. The third-order valence-electron chi connectivity index (χ3n) is 5.94. The van der Waals surface area contributed by atoms with E-state index in [4.69, 9.17) is 0 Å². The minimum atomic E-state index is -1.86. The first-order valence-electron chi connectivity index (χ1n) is 11.5. The van der Waals surface area contributed by atoms with Gasteiger partial charge in [-0.05, 0) is 45.2 Å². The van der Waals surface area contributed by atoms with Crippen LogP contribution in [-0.4, -0.2) is 64.5 Å². The Bertz CT molecular complexity index is 1110. The van der Waals surface area contributed by atoms with Crippen molar-refractivity contribution in [2.75, 3.05) is 13.2 Å². The third kappa shape index (κ3) is 6.84. The summed E-state index contributed by atoms with van der Waals surface area (Å²) in [5.41, 5.74) is -1.77. The van der Waals surface area contributed by atoms with Crippen molar-refractivity contribution in [3.63, 3.8) is 0 Å². The number of aromatic amines is 1. The van der Waals surface area contributed by atoms with Gasteiger partial charge in [-0.25, -0.2) is 8.78 Å². The van der Waals surface area contributed by atoms with Gasteiger partial charge in [-0.1, -0.05) is 12.1 Å². The molecule has 3 rings (SSSR count). The van der Waals surface area contributed by atoms with E-state index in [9.17, 15) is 33.1 Å². The number of fused-ring (bicyclic) bond motifs is 1. The Labute approximate surface area is 201 Å². The van der Waals surface area contributed by atoms with Gasteiger partial charge in [0.25, 0.3) is 5.91 Å². The van der Waals surface area contributed by atoms with Crippen molar-refractivity contribution in [3.8, 4) is 0 Å². The Balaban J connectivity index is 1.78. The van der Waals surface area contributed by atoms with Gasteiger partial charge in [-0.15, -0.1) is 0 Å². The number of aromatic nitrogens is 1. The van der Waals surface area contributed by atoms with Gasteiger partial charge >= 0.3 is 0 Å². The smallest absolute Gasteiger partial charge is 0.268 e. The largest absolute Gasteiger partial charge is 0.389 e. The lowest BCUT2D eigenvalue weighted by Gasteiger charge is -2.28. The summed E-state index contributed by atoms with van der Waals surface area (Å²) in [6, 6.07) is 3.15. The Morgan fingerprint density at radius 3 is 2.60 bits per heavy atom. The molecular formula is C24H30F2N4O5. The van der Waals surface area contributed by atoms with Crippen LogP contribution in [0.5, 0.6) is 0 Å². The molecule has 0 radical (unpaired) electrons. The van der Waals surface area contributed by atoms with Gasteiger partial charge in [0, 0.05) is 24.3 Å². The summed E-state index contributed by atoms with van der Waals surface area (Å²) in [7, 11) is 0. The number of piperidine rings is 1. The van der Waals surface area contributed by atoms with Crippen LogP contribution in [0.2, 0.25) is 0 Å². The first-order chi connectivity index (χ1) is 16.5. The van der Waals surface area contributed by atoms with Gasteiger partial charge in [-0.3, -0.25) is 19.2 Å². The standard InChI is InChI=1S/C24H30F2N4O5/c1-24(2,26)11-18(30-22(34)17-9-13-5-3-7-15(25)20(13)28-17)23(35)29-16(19(32)12-31)10-14-6-4-8-27-21(14)33/h3,5,7,9,14,16,18,28,31H,4,6,8,10-12H2,1-2H3,(H,27,33)(H,29,35)(H,30,34)/t14-,16?,18?/m0/s1. The van der Waals surface area contributed by atoms with Crippen LogP contribution in [0.3, 0.4) is 0 Å². The number of hydrogen-bond donors (Lipinski definition) is 5. The number of alkyl halides is 1. The van der Waals surface area contributed by atoms with Crippen LogP contribution in [0.1, 0.15) is 50.0 Å². The first kappa shape index (κ1) is 26.3. The average Bonchev–Trinajstić information content (AvgIpc) is 3.24. The third-order valence-corrected chi connectivity index (χ3v) is 5.94. The lowest BCUT2D eigenvalue weighted by atomic mass is 9.90. The molecule has 1 aromatic carbocycles. The maximum Gasteiger partial charge on any atom is 0.268 e. The lowest BCUT2D eigenvalue weighted by Crippen LogP contribution is -2.54. The Hall–Kier alpha value is -3.34. The summed E-state index contributed by atoms with van der Waals surface area (Å²) in [5, 5.41) is 17.4. The Kier molecular flexibility index (Phi) is 8.21. The highest BCUT2D eigenvalue weighted by Gasteiger charge is 2.34. The molecule has 1 fully saturated rings. The number of hydrogen-bond acceptors (Lipinski definition) is 5. The molecule has 0 saturated carbocycles. The fourth-order valence-electron chi connectivity index (χ4n) is 4.17. The van der Waals surface area contributed by atoms with Crippen molar-refractivity contribution in [2.45, 2.75) is 57.3 Å². The summed E-state index contributed by atoms with van der Waals surface area (Å²) < 4.78 is 28.5. The summed E-state index contributed by atoms with van der Waals surface area (Å²) >= 11 is 0. The minimum Gasteiger partial charge on any atom is -0.389 e. The molecule has 0 spiro atoms. The van der Waals surface area contributed by atoms with E-state index in [1.54, 1.807) is 6.07 Å². The van der Waals surface area contributed by atoms with E-state index in [1.807, 2.05) is 0 Å². The van der Waals surface area contributed by atoms with E-state index in [-0.39, 0.29) is 23.5 Å². The number of ketones is 1. The normalized spacial score (nSPS) is 18.0. The topological polar surface area (TPSA) is 140 Å². The molecule has 3 atom stereocenters. The maximum absolute atomic E-state index is 14.5. The molecule has 0 aliphatic carbocycles. The van der Waals surface area contributed by atoms with Crippen molar-refractivity contribution in [3.05, 3.63) is 35.8 Å². The average molecular weight is 493 g/mol. The molecule has 190 valence electrons. The molecule has 9 nitrogen and oxygen atoms in total. The highest BCUT2D eigenvalue weighted by Crippen LogP contribution is 2.21. The molecule has 35 heavy (non-hydrogen) atoms. The van der Waals surface area contributed by atoms with Gasteiger partial charge in [0.1, 0.15) is 29.8 Å². The number of rotatable bonds is 10. The van der Waals surface area contributed by atoms with E-state index in [1.165, 1.54) is 32.0 Å². The summed E-state index contributed by atoms with van der Waals surface area (Å²) in [4.78, 5) is 53.0. The number of carbonyl (C=O) groups is 4. The minimum absolute atomic E-state index is 0.0265. The van der Waals surface area contributed by atoms with Gasteiger partial charge in [0.15, 0.2) is 5.78 Å². The van der Waals surface area contributed by atoms with Gasteiger partial charge < -0.3 is 26.0 Å². The van der Waals surface area contributed by atoms with E-state index in [0.29, 0.717) is 24.8 Å². The van der Waals surface area contributed by atoms with E-state index in [2.05, 4.69) is 20.9 Å². The predicted molar refractivity (Wildman–Crippen MR) is 124 cm³/mol. The van der Waals surface area contributed by atoms with Crippen molar-refractivity contribution < 1.29 is 33.1 Å². The van der Waals surface area contributed by atoms with Crippen LogP contribution in [0.4, 0.5) is 8.78 Å². The van der Waals surface area contributed by atoms with Gasteiger partial charge in [0.2, 0.25) is 11.8 Å². The van der Waals surface area contributed by atoms with E-state index in [0.717, 1.165) is 0 Å². The maximum atomic E-state index is 14.5. The summed E-state index contributed by atoms with van der Waals surface area (Å²) in [5.74, 6) is -3.64. The zero-order valence-electron chi connectivity index (χ0n) is 19.6. The molecule has 2 aromatic rings. The molecule has 2 heterocycles. The molecular weight excluding hydrogens is 462 g/mol. The van der Waals surface area contributed by atoms with E-state index < -0.39 is 60.1 Å². The molecule has 1 aliphatic rings. The lowest BCUT2D eigenvalue weighted by molar-refractivity contribution is -0.133. The number of amides is 3. The quantitative estimate of drug-likeness (QED) is 0.342. The zero-order chi connectivity index (χ0) is 25.8. The van der Waals surface area contributed by atoms with Crippen LogP contribution < -0.4 is 16.0 Å². The fourth-order valence-corrected chi connectivity index (χ4v) is 4.17. The summed E-state index contributed by atoms with van der Waals surface area (Å²) in [6.45, 7) is 2.14. The van der Waals surface area contributed by atoms with E-state index >= 15 is 0 Å². The number of para-hydroxylation sites is 1. The number of aliphatic hydroxyl groups excluding tert-OH is 1. The molecule has 1 aromatic heterocycles. The number of aliphatic hydroxyl groups is 1. The highest BCUT2D eigenvalue weighted by atomic mass is 19.1. The number of H-pyrrole nitrogens is 1. The molecule has 0 bridgehead atoms. The molecule has 1 saturated heterocycles. The van der Waals surface area contributed by atoms with Crippen molar-refractivity contribution >= 4 is 34.4 Å². The first-order valence-corrected chi connectivity index (χ1v) is 11.5. The second-order valence-corrected chi connectivity index (χ2v) is 9.39. The van der Waals surface area contributed by atoms with Crippen molar-refractivity contribution in [1.29, 1.82) is 0 Å². The zero-order valence-corrected chi connectivity index (χ0v) is 19.6.